The third-order valence-corrected chi connectivity index (χ3v) is 4.18. The summed E-state index contributed by atoms with van der Waals surface area (Å²) in [6.07, 6.45) is 0. The first-order chi connectivity index (χ1) is 9.38. The van der Waals surface area contributed by atoms with Crippen LogP contribution in [0.3, 0.4) is 0 Å². The Morgan fingerprint density at radius 2 is 2.15 bits per heavy atom. The number of nitrogens with two attached hydrogens (primary N) is 1. The summed E-state index contributed by atoms with van der Waals surface area (Å²) in [5.41, 5.74) is 7.41. The molecule has 1 amide bonds. The molecule has 0 saturated heterocycles. The van der Waals surface area contributed by atoms with E-state index >= 15 is 0 Å². The predicted octanol–water partition coefficient (Wildman–Crippen LogP) is 3.69. The van der Waals surface area contributed by atoms with Gasteiger partial charge in [0, 0.05) is 10.6 Å². The van der Waals surface area contributed by atoms with Gasteiger partial charge in [0.2, 0.25) is 5.91 Å². The molecule has 0 fully saturated rings. The van der Waals surface area contributed by atoms with E-state index in [2.05, 4.69) is 17.2 Å². The van der Waals surface area contributed by atoms with E-state index in [-0.39, 0.29) is 6.04 Å². The van der Waals surface area contributed by atoms with Gasteiger partial charge in [-0.25, -0.2) is 4.98 Å². The standard InChI is InChI=1S/C14H16ClN3OS/c1-7(13-8(2)20-9(3)18-13)17-10-4-5-11(14(16)19)12(15)6-10/h4-7,17H,1-3H3,(H2,16,19). The monoisotopic (exact) mass is 309 g/mol. The molecule has 6 heteroatoms. The SMILES string of the molecule is Cc1nc(C(C)Nc2ccc(C(N)=O)c(Cl)c2)c(C)s1. The minimum absolute atomic E-state index is 0.0652. The first-order valence-corrected chi connectivity index (χ1v) is 7.37. The Labute approximate surface area is 127 Å². The number of thiazole rings is 1. The van der Waals surface area contributed by atoms with E-state index in [1.165, 1.54) is 4.88 Å². The zero-order chi connectivity index (χ0) is 14.9. The topological polar surface area (TPSA) is 68.0 Å². The van der Waals surface area contributed by atoms with Gasteiger partial charge in [0.15, 0.2) is 0 Å². The van der Waals surface area contributed by atoms with Crippen molar-refractivity contribution in [2.45, 2.75) is 26.8 Å². The second-order valence-corrected chi connectivity index (χ2v) is 6.41. The Balaban J connectivity index is 2.20. The van der Waals surface area contributed by atoms with Crippen LogP contribution in [-0.2, 0) is 0 Å². The number of anilines is 1. The van der Waals surface area contributed by atoms with Gasteiger partial charge < -0.3 is 11.1 Å². The Morgan fingerprint density at radius 3 is 2.65 bits per heavy atom. The number of hydrogen-bond donors (Lipinski definition) is 2. The molecule has 0 saturated carbocycles. The highest BCUT2D eigenvalue weighted by molar-refractivity contribution is 7.11. The number of carbonyl (C=O) groups is 1. The second-order valence-electron chi connectivity index (χ2n) is 4.60. The first kappa shape index (κ1) is 14.8. The van der Waals surface area contributed by atoms with Crippen LogP contribution in [0.1, 0.15) is 38.9 Å². The average molecular weight is 310 g/mol. The van der Waals surface area contributed by atoms with Crippen molar-refractivity contribution in [3.05, 3.63) is 44.4 Å². The fourth-order valence-electron chi connectivity index (χ4n) is 2.07. The third kappa shape index (κ3) is 3.11. The highest BCUT2D eigenvalue weighted by Crippen LogP contribution is 2.27. The van der Waals surface area contributed by atoms with E-state index in [1.807, 2.05) is 13.8 Å². The van der Waals surface area contributed by atoms with E-state index in [4.69, 9.17) is 17.3 Å². The van der Waals surface area contributed by atoms with E-state index in [1.54, 1.807) is 29.5 Å². The molecule has 0 aliphatic rings. The van der Waals surface area contributed by atoms with Gasteiger partial charge in [0.25, 0.3) is 0 Å². The number of hydrogen-bond acceptors (Lipinski definition) is 4. The molecule has 3 N–H and O–H groups in total. The lowest BCUT2D eigenvalue weighted by molar-refractivity contribution is 0.100. The number of rotatable bonds is 4. The maximum Gasteiger partial charge on any atom is 0.250 e. The average Bonchev–Trinajstić information content (AvgIpc) is 2.68. The van der Waals surface area contributed by atoms with Gasteiger partial charge in [-0.1, -0.05) is 11.6 Å². The van der Waals surface area contributed by atoms with Gasteiger partial charge in [-0.05, 0) is 39.0 Å². The zero-order valence-corrected chi connectivity index (χ0v) is 13.1. The molecule has 0 radical (unpaired) electrons. The molecule has 0 bridgehead atoms. The maximum atomic E-state index is 11.1. The molecular formula is C14H16ClN3OS. The summed E-state index contributed by atoms with van der Waals surface area (Å²) in [5.74, 6) is -0.527. The van der Waals surface area contributed by atoms with Gasteiger partial charge in [-0.15, -0.1) is 11.3 Å². The lowest BCUT2D eigenvalue weighted by Gasteiger charge is -2.15. The number of nitrogens with zero attached hydrogens (tertiary/aromatic N) is 1. The van der Waals surface area contributed by atoms with Crippen LogP contribution in [0.2, 0.25) is 5.02 Å². The van der Waals surface area contributed by atoms with Gasteiger partial charge in [0.1, 0.15) is 0 Å². The van der Waals surface area contributed by atoms with Gasteiger partial charge in [0.05, 0.1) is 27.3 Å². The Hall–Kier alpha value is -1.59. The molecule has 1 heterocycles. The fraction of sp³-hybridized carbons (Fsp3) is 0.286. The molecule has 1 aromatic heterocycles. The lowest BCUT2D eigenvalue weighted by atomic mass is 10.1. The number of primary amides is 1. The minimum Gasteiger partial charge on any atom is -0.377 e. The molecule has 1 unspecified atom stereocenters. The van der Waals surface area contributed by atoms with Gasteiger partial charge in [-0.3, -0.25) is 4.79 Å². The van der Waals surface area contributed by atoms with Crippen molar-refractivity contribution in [2.24, 2.45) is 5.73 Å². The van der Waals surface area contributed by atoms with Crippen LogP contribution in [0.15, 0.2) is 18.2 Å². The summed E-state index contributed by atoms with van der Waals surface area (Å²) in [5, 5.41) is 4.72. The highest BCUT2D eigenvalue weighted by Gasteiger charge is 2.14. The molecule has 0 spiro atoms. The third-order valence-electron chi connectivity index (χ3n) is 2.97. The minimum atomic E-state index is -0.527. The quantitative estimate of drug-likeness (QED) is 0.905. The van der Waals surface area contributed by atoms with Crippen LogP contribution >= 0.6 is 22.9 Å². The molecule has 1 aromatic carbocycles. The lowest BCUT2D eigenvalue weighted by Crippen LogP contribution is -2.12. The first-order valence-electron chi connectivity index (χ1n) is 6.18. The number of halogens is 1. The molecule has 106 valence electrons. The fourth-order valence-corrected chi connectivity index (χ4v) is 3.26. The molecule has 2 rings (SSSR count). The summed E-state index contributed by atoms with van der Waals surface area (Å²) in [4.78, 5) is 16.9. The van der Waals surface area contributed by atoms with Gasteiger partial charge in [-0.2, -0.15) is 0 Å². The van der Waals surface area contributed by atoms with Crippen molar-refractivity contribution < 1.29 is 4.79 Å². The second kappa shape index (κ2) is 5.81. The van der Waals surface area contributed by atoms with Crippen LogP contribution in [0.5, 0.6) is 0 Å². The molecule has 0 aliphatic carbocycles. The molecule has 2 aromatic rings. The van der Waals surface area contributed by atoms with E-state index in [0.717, 1.165) is 16.4 Å². The molecular weight excluding hydrogens is 294 g/mol. The van der Waals surface area contributed by atoms with E-state index in [9.17, 15) is 4.79 Å². The number of aryl methyl sites for hydroxylation is 2. The van der Waals surface area contributed by atoms with E-state index < -0.39 is 5.91 Å². The number of aromatic nitrogens is 1. The van der Waals surface area contributed by atoms with Crippen LogP contribution < -0.4 is 11.1 Å². The van der Waals surface area contributed by atoms with Crippen molar-refractivity contribution in [3.8, 4) is 0 Å². The number of nitrogens with one attached hydrogen (secondary N) is 1. The van der Waals surface area contributed by atoms with E-state index in [0.29, 0.717) is 10.6 Å². The molecule has 20 heavy (non-hydrogen) atoms. The smallest absolute Gasteiger partial charge is 0.250 e. The van der Waals surface area contributed by atoms with Gasteiger partial charge >= 0.3 is 0 Å². The summed E-state index contributed by atoms with van der Waals surface area (Å²) in [7, 11) is 0. The van der Waals surface area contributed by atoms with Crippen LogP contribution in [0.4, 0.5) is 5.69 Å². The van der Waals surface area contributed by atoms with Crippen molar-refractivity contribution >= 4 is 34.5 Å². The van der Waals surface area contributed by atoms with Crippen molar-refractivity contribution in [1.29, 1.82) is 0 Å². The summed E-state index contributed by atoms with van der Waals surface area (Å²) in [6.45, 7) is 6.09. The molecule has 1 atom stereocenters. The zero-order valence-electron chi connectivity index (χ0n) is 11.5. The summed E-state index contributed by atoms with van der Waals surface area (Å²) >= 11 is 7.71. The number of amides is 1. The molecule has 4 nitrogen and oxygen atoms in total. The van der Waals surface area contributed by atoms with Crippen molar-refractivity contribution in [2.75, 3.05) is 5.32 Å². The summed E-state index contributed by atoms with van der Waals surface area (Å²) in [6, 6.07) is 5.18. The highest BCUT2D eigenvalue weighted by atomic mass is 35.5. The normalized spacial score (nSPS) is 12.2. The number of carbonyl (C=O) groups excluding carboxylic acids is 1. The predicted molar refractivity (Wildman–Crippen MR) is 83.6 cm³/mol. The van der Waals surface area contributed by atoms with Crippen LogP contribution in [0, 0.1) is 13.8 Å². The Bertz CT molecular complexity index is 654. The Kier molecular flexibility index (Phi) is 4.30. The van der Waals surface area contributed by atoms with Crippen molar-refractivity contribution in [1.82, 2.24) is 4.98 Å². The molecule has 0 aliphatic heterocycles. The van der Waals surface area contributed by atoms with Crippen LogP contribution in [-0.4, -0.2) is 10.9 Å². The summed E-state index contributed by atoms with van der Waals surface area (Å²) < 4.78 is 0. The Morgan fingerprint density at radius 1 is 1.45 bits per heavy atom. The van der Waals surface area contributed by atoms with Crippen LogP contribution in [0.25, 0.3) is 0 Å². The van der Waals surface area contributed by atoms with Crippen molar-refractivity contribution in [3.63, 3.8) is 0 Å². The largest absolute Gasteiger partial charge is 0.377 e. The number of benzene rings is 1. The maximum absolute atomic E-state index is 11.1.